The molecule has 6 heteroatoms. The predicted molar refractivity (Wildman–Crippen MR) is 229 cm³/mol. The molecule has 262 valence electrons. The maximum Gasteiger partial charge on any atom is 0.0992 e. The quantitative estimate of drug-likeness (QED) is 0.181. The molecule has 0 bridgehead atoms. The molecule has 57 heavy (non-hydrogen) atoms. The van der Waals surface area contributed by atoms with Crippen LogP contribution in [0, 0.1) is 34.0 Å². The summed E-state index contributed by atoms with van der Waals surface area (Å²) in [6.45, 7) is 0. The van der Waals surface area contributed by atoms with E-state index in [1.807, 2.05) is 72.8 Å². The second-order valence-corrected chi connectivity index (χ2v) is 14.3. The Balaban J connectivity index is 1.16. The van der Waals surface area contributed by atoms with Gasteiger partial charge in [0, 0.05) is 49.3 Å². The maximum absolute atomic E-state index is 10.5. The van der Waals surface area contributed by atoms with Crippen molar-refractivity contribution in [1.82, 2.24) is 13.7 Å². The van der Waals surface area contributed by atoms with E-state index >= 15 is 0 Å². The molecule has 0 aliphatic carbocycles. The highest BCUT2D eigenvalue weighted by Crippen LogP contribution is 2.40. The predicted octanol–water partition coefficient (Wildman–Crippen LogP) is 12.3. The lowest BCUT2D eigenvalue weighted by Gasteiger charge is -2.16. The van der Waals surface area contributed by atoms with Crippen LogP contribution in [0.25, 0.3) is 93.6 Å². The van der Waals surface area contributed by atoms with Gasteiger partial charge in [0.05, 0.1) is 73.7 Å². The van der Waals surface area contributed by atoms with Gasteiger partial charge in [-0.2, -0.15) is 15.8 Å². The van der Waals surface area contributed by atoms with E-state index in [0.717, 1.165) is 82.8 Å². The third-order valence-corrected chi connectivity index (χ3v) is 11.3. The van der Waals surface area contributed by atoms with Crippen LogP contribution in [0.4, 0.5) is 0 Å². The second-order valence-electron chi connectivity index (χ2n) is 14.3. The van der Waals surface area contributed by atoms with Crippen LogP contribution in [0.5, 0.6) is 0 Å². The van der Waals surface area contributed by atoms with Crippen molar-refractivity contribution in [3.8, 4) is 46.4 Å². The SMILES string of the molecule is N#Cc1cc(-c2ccccc2-n2c3ccccc3c3cc(C#N)ccc32)cc(-n2c3ccc(C#N)cc3c3cc(-n4c5ccccc5c5ccccc54)ccc32)c1. The Morgan fingerprint density at radius 2 is 0.772 bits per heavy atom. The fraction of sp³-hybridized carbons (Fsp3) is 0. The van der Waals surface area contributed by atoms with E-state index in [1.54, 1.807) is 0 Å². The smallest absolute Gasteiger partial charge is 0.0992 e. The Kier molecular flexibility index (Phi) is 6.95. The number of rotatable bonds is 4. The minimum Gasteiger partial charge on any atom is -0.309 e. The van der Waals surface area contributed by atoms with Crippen molar-refractivity contribution in [2.75, 3.05) is 0 Å². The van der Waals surface area contributed by atoms with Crippen LogP contribution in [0.15, 0.2) is 170 Å². The van der Waals surface area contributed by atoms with E-state index in [0.29, 0.717) is 16.7 Å². The van der Waals surface area contributed by atoms with E-state index in [2.05, 4.69) is 129 Å². The molecule has 0 amide bonds. The summed E-state index contributed by atoms with van der Waals surface area (Å²) in [5.41, 5.74) is 12.6. The molecule has 0 saturated heterocycles. The highest BCUT2D eigenvalue weighted by Gasteiger charge is 2.20. The maximum atomic E-state index is 10.5. The summed E-state index contributed by atoms with van der Waals surface area (Å²) in [5, 5.41) is 36.7. The van der Waals surface area contributed by atoms with Crippen molar-refractivity contribution in [2.45, 2.75) is 0 Å². The molecule has 8 aromatic carbocycles. The van der Waals surface area contributed by atoms with E-state index in [4.69, 9.17) is 0 Å². The zero-order chi connectivity index (χ0) is 38.2. The molecule has 3 heterocycles. The highest BCUT2D eigenvalue weighted by atomic mass is 15.0. The number of benzene rings is 8. The lowest BCUT2D eigenvalue weighted by atomic mass is 10.00. The molecule has 0 aliphatic heterocycles. The number of aromatic nitrogens is 3. The average molecular weight is 725 g/mol. The van der Waals surface area contributed by atoms with E-state index in [1.165, 1.54) is 10.8 Å². The molecule has 0 fully saturated rings. The first-order chi connectivity index (χ1) is 28.1. The Bertz CT molecular complexity index is 3580. The minimum atomic E-state index is 0.531. The lowest BCUT2D eigenvalue weighted by molar-refractivity contribution is 1.16. The molecule has 0 aliphatic rings. The Morgan fingerprint density at radius 1 is 0.316 bits per heavy atom. The number of nitrogens with zero attached hydrogens (tertiary/aromatic N) is 6. The van der Waals surface area contributed by atoms with Gasteiger partial charge in [-0.15, -0.1) is 0 Å². The average Bonchev–Trinajstić information content (AvgIpc) is 3.91. The van der Waals surface area contributed by atoms with Gasteiger partial charge in [0.25, 0.3) is 0 Å². The summed E-state index contributed by atoms with van der Waals surface area (Å²) in [7, 11) is 0. The van der Waals surface area contributed by atoms with Crippen molar-refractivity contribution in [3.05, 3.63) is 187 Å². The van der Waals surface area contributed by atoms with Gasteiger partial charge in [-0.3, -0.25) is 0 Å². The summed E-state index contributed by atoms with van der Waals surface area (Å²) in [6.07, 6.45) is 0. The normalized spacial score (nSPS) is 11.5. The van der Waals surface area contributed by atoms with Gasteiger partial charge < -0.3 is 13.7 Å². The van der Waals surface area contributed by atoms with E-state index < -0.39 is 0 Å². The molecule has 6 nitrogen and oxygen atoms in total. The molecular weight excluding hydrogens is 697 g/mol. The van der Waals surface area contributed by atoms with Gasteiger partial charge in [-0.25, -0.2) is 0 Å². The number of hydrogen-bond acceptors (Lipinski definition) is 3. The molecule has 11 rings (SSSR count). The van der Waals surface area contributed by atoms with Gasteiger partial charge in [0.1, 0.15) is 0 Å². The topological polar surface area (TPSA) is 86.2 Å². The molecule has 3 aromatic heterocycles. The number of para-hydroxylation sites is 4. The van der Waals surface area contributed by atoms with Gasteiger partial charge in [0.2, 0.25) is 0 Å². The van der Waals surface area contributed by atoms with Crippen molar-refractivity contribution in [2.24, 2.45) is 0 Å². The number of fused-ring (bicyclic) bond motifs is 9. The standard InChI is InChI=1S/C51H28N6/c52-29-32-18-21-51-42(25-32)41-12-4-8-16-48(41)57(51)45-13-5-1-9-38(45)35-23-34(31-54)24-37(27-35)56-49-20-17-33(30-53)26-43(49)44-28-36(19-22-50(44)56)55-46-14-6-2-10-39(46)40-11-3-7-15-47(40)55/h1-28H. The molecule has 0 unspecified atom stereocenters. The summed E-state index contributed by atoms with van der Waals surface area (Å²) in [4.78, 5) is 0. The Labute approximate surface area is 326 Å². The Morgan fingerprint density at radius 3 is 1.40 bits per heavy atom. The zero-order valence-corrected chi connectivity index (χ0v) is 30.3. The molecule has 0 radical (unpaired) electrons. The van der Waals surface area contributed by atoms with Crippen molar-refractivity contribution >= 4 is 65.4 Å². The third kappa shape index (κ3) is 4.74. The molecule has 0 spiro atoms. The summed E-state index contributed by atoms with van der Waals surface area (Å²) in [6, 6.07) is 64.8. The van der Waals surface area contributed by atoms with Crippen molar-refractivity contribution < 1.29 is 0 Å². The number of hydrogen-bond donors (Lipinski definition) is 0. The van der Waals surface area contributed by atoms with Gasteiger partial charge in [0.15, 0.2) is 0 Å². The fourth-order valence-electron chi connectivity index (χ4n) is 8.87. The first-order valence-corrected chi connectivity index (χ1v) is 18.7. The van der Waals surface area contributed by atoms with Crippen LogP contribution in [-0.4, -0.2) is 13.7 Å². The lowest BCUT2D eigenvalue weighted by Crippen LogP contribution is -2.00. The minimum absolute atomic E-state index is 0.531. The van der Waals surface area contributed by atoms with Crippen LogP contribution >= 0.6 is 0 Å². The van der Waals surface area contributed by atoms with Crippen LogP contribution in [0.1, 0.15) is 16.7 Å². The highest BCUT2D eigenvalue weighted by molar-refractivity contribution is 6.13. The van der Waals surface area contributed by atoms with Gasteiger partial charge >= 0.3 is 0 Å². The molecular formula is C51H28N6. The van der Waals surface area contributed by atoms with Gasteiger partial charge in [-0.1, -0.05) is 72.8 Å². The second kappa shape index (κ2) is 12.3. The van der Waals surface area contributed by atoms with E-state index in [9.17, 15) is 15.8 Å². The van der Waals surface area contributed by atoms with Crippen LogP contribution in [0.2, 0.25) is 0 Å². The van der Waals surface area contributed by atoms with Crippen LogP contribution in [0.3, 0.4) is 0 Å². The number of nitriles is 3. The van der Waals surface area contributed by atoms with Crippen molar-refractivity contribution in [1.29, 1.82) is 15.8 Å². The van der Waals surface area contributed by atoms with Gasteiger partial charge in [-0.05, 0) is 103 Å². The summed E-state index contributed by atoms with van der Waals surface area (Å²) in [5.74, 6) is 0. The molecule has 0 saturated carbocycles. The monoisotopic (exact) mass is 724 g/mol. The van der Waals surface area contributed by atoms with Crippen molar-refractivity contribution in [3.63, 3.8) is 0 Å². The summed E-state index contributed by atoms with van der Waals surface area (Å²) >= 11 is 0. The fourth-order valence-corrected chi connectivity index (χ4v) is 8.87. The van der Waals surface area contributed by atoms with Crippen LogP contribution in [-0.2, 0) is 0 Å². The molecule has 0 N–H and O–H groups in total. The Hall–Kier alpha value is -8.37. The van der Waals surface area contributed by atoms with Crippen LogP contribution < -0.4 is 0 Å². The zero-order valence-electron chi connectivity index (χ0n) is 30.3. The molecule has 11 aromatic rings. The largest absolute Gasteiger partial charge is 0.309 e. The summed E-state index contributed by atoms with van der Waals surface area (Å²) < 4.78 is 6.76. The molecule has 0 atom stereocenters. The third-order valence-electron chi connectivity index (χ3n) is 11.3. The first kappa shape index (κ1) is 32.1. The van der Waals surface area contributed by atoms with E-state index in [-0.39, 0.29) is 0 Å². The first-order valence-electron chi connectivity index (χ1n) is 18.7.